The van der Waals surface area contributed by atoms with E-state index >= 15 is 0 Å². The summed E-state index contributed by atoms with van der Waals surface area (Å²) in [5, 5.41) is 0.740. The molecule has 0 aliphatic carbocycles. The first-order chi connectivity index (χ1) is 14.8. The van der Waals surface area contributed by atoms with Crippen molar-refractivity contribution in [2.24, 2.45) is 4.99 Å². The fourth-order valence-corrected chi connectivity index (χ4v) is 4.62. The summed E-state index contributed by atoms with van der Waals surface area (Å²) < 4.78 is 11.3. The zero-order chi connectivity index (χ0) is 20.3. The van der Waals surface area contributed by atoms with E-state index in [4.69, 9.17) is 26.1 Å². The van der Waals surface area contributed by atoms with Crippen molar-refractivity contribution in [2.45, 2.75) is 12.3 Å². The molecule has 30 heavy (non-hydrogen) atoms. The van der Waals surface area contributed by atoms with Gasteiger partial charge in [0.1, 0.15) is 18.2 Å². The van der Waals surface area contributed by atoms with Gasteiger partial charge in [-0.3, -0.25) is 9.80 Å². The van der Waals surface area contributed by atoms with Gasteiger partial charge in [0.2, 0.25) is 0 Å². The SMILES string of the molecule is Clc1ccc(N2C(c3ccccc3)=N[C@@H](N3CCOCC3)[C@@H]2N2CCOCC2)cc1. The van der Waals surface area contributed by atoms with E-state index in [1.54, 1.807) is 0 Å². The van der Waals surface area contributed by atoms with Gasteiger partial charge in [0.15, 0.2) is 0 Å². The fourth-order valence-electron chi connectivity index (χ4n) is 4.50. The van der Waals surface area contributed by atoms with Crippen LogP contribution in [0.25, 0.3) is 0 Å². The third-order valence-corrected chi connectivity index (χ3v) is 6.24. The molecule has 5 rings (SSSR count). The highest BCUT2D eigenvalue weighted by Crippen LogP contribution is 2.33. The second-order valence-corrected chi connectivity index (χ2v) is 8.23. The van der Waals surface area contributed by atoms with Gasteiger partial charge in [-0.2, -0.15) is 0 Å². The van der Waals surface area contributed by atoms with Crippen LogP contribution in [0.4, 0.5) is 5.69 Å². The molecule has 2 atom stereocenters. The van der Waals surface area contributed by atoms with Gasteiger partial charge in [0.25, 0.3) is 0 Å². The summed E-state index contributed by atoms with van der Waals surface area (Å²) in [6.45, 7) is 6.59. The van der Waals surface area contributed by atoms with E-state index in [9.17, 15) is 0 Å². The Morgan fingerprint density at radius 2 is 1.37 bits per heavy atom. The maximum absolute atomic E-state index is 6.21. The number of aliphatic imine (C=N–C) groups is 1. The van der Waals surface area contributed by atoms with Crippen LogP contribution in [-0.2, 0) is 9.47 Å². The van der Waals surface area contributed by atoms with E-state index in [1.165, 1.54) is 0 Å². The molecule has 2 fully saturated rings. The van der Waals surface area contributed by atoms with Crippen LogP contribution in [0.2, 0.25) is 5.02 Å². The van der Waals surface area contributed by atoms with E-state index in [-0.39, 0.29) is 12.3 Å². The molecule has 3 aliphatic rings. The van der Waals surface area contributed by atoms with E-state index < -0.39 is 0 Å². The number of nitrogens with zero attached hydrogens (tertiary/aromatic N) is 4. The molecule has 0 unspecified atom stereocenters. The predicted octanol–water partition coefficient (Wildman–Crippen LogP) is 2.92. The molecule has 3 heterocycles. The van der Waals surface area contributed by atoms with Crippen molar-refractivity contribution in [2.75, 3.05) is 57.5 Å². The lowest BCUT2D eigenvalue weighted by atomic mass is 10.1. The van der Waals surface area contributed by atoms with Gasteiger partial charge in [-0.15, -0.1) is 0 Å². The molecule has 3 aliphatic heterocycles. The van der Waals surface area contributed by atoms with Crippen LogP contribution in [0, 0.1) is 0 Å². The summed E-state index contributed by atoms with van der Waals surface area (Å²) >= 11 is 6.21. The van der Waals surface area contributed by atoms with Crippen molar-refractivity contribution in [3.05, 3.63) is 65.2 Å². The minimum atomic E-state index is 0.0397. The van der Waals surface area contributed by atoms with Crippen LogP contribution >= 0.6 is 11.6 Å². The number of hydrogen-bond acceptors (Lipinski definition) is 6. The third kappa shape index (κ3) is 3.98. The van der Waals surface area contributed by atoms with Crippen LogP contribution in [0.1, 0.15) is 5.56 Å². The zero-order valence-corrected chi connectivity index (χ0v) is 17.7. The lowest BCUT2D eigenvalue weighted by Crippen LogP contribution is -2.60. The van der Waals surface area contributed by atoms with Crippen molar-refractivity contribution in [1.29, 1.82) is 0 Å². The molecule has 0 radical (unpaired) electrons. The van der Waals surface area contributed by atoms with Crippen LogP contribution in [-0.4, -0.2) is 80.6 Å². The molecule has 0 amide bonds. The van der Waals surface area contributed by atoms with Gasteiger partial charge in [0, 0.05) is 42.5 Å². The Bertz CT molecular complexity index is 865. The average molecular weight is 427 g/mol. The Morgan fingerprint density at radius 1 is 0.767 bits per heavy atom. The molecular formula is C23H27ClN4O2. The lowest BCUT2D eigenvalue weighted by molar-refractivity contribution is -0.0273. The van der Waals surface area contributed by atoms with Crippen molar-refractivity contribution in [1.82, 2.24) is 9.80 Å². The van der Waals surface area contributed by atoms with Crippen molar-refractivity contribution >= 4 is 23.1 Å². The summed E-state index contributed by atoms with van der Waals surface area (Å²) in [5.41, 5.74) is 2.23. The molecule has 7 heteroatoms. The van der Waals surface area contributed by atoms with Gasteiger partial charge in [-0.25, -0.2) is 4.99 Å². The standard InChI is InChI=1S/C23H27ClN4O2/c24-19-6-8-20(9-7-19)28-21(18-4-2-1-3-5-18)25-22(26-10-14-29-15-11-26)23(28)27-12-16-30-17-13-27/h1-9,22-23H,10-17H2/t22-,23+/m0/s1. The second kappa shape index (κ2) is 9.04. The van der Waals surface area contributed by atoms with Gasteiger partial charge < -0.3 is 14.4 Å². The van der Waals surface area contributed by atoms with E-state index in [0.717, 1.165) is 74.7 Å². The first-order valence-electron chi connectivity index (χ1n) is 10.6. The maximum Gasteiger partial charge on any atom is 0.139 e. The van der Waals surface area contributed by atoms with Gasteiger partial charge in [0.05, 0.1) is 26.4 Å². The number of halogens is 1. The Labute approximate surface area is 182 Å². The molecule has 0 N–H and O–H groups in total. The van der Waals surface area contributed by atoms with E-state index in [1.807, 2.05) is 18.2 Å². The Hall–Kier alpha value is -1.96. The number of hydrogen-bond donors (Lipinski definition) is 0. The highest BCUT2D eigenvalue weighted by atomic mass is 35.5. The molecule has 2 saturated heterocycles. The average Bonchev–Trinajstić information content (AvgIpc) is 3.22. The Morgan fingerprint density at radius 3 is 2.00 bits per heavy atom. The number of morpholine rings is 2. The van der Waals surface area contributed by atoms with Gasteiger partial charge >= 0.3 is 0 Å². The number of rotatable bonds is 4. The van der Waals surface area contributed by atoms with E-state index in [0.29, 0.717) is 0 Å². The van der Waals surface area contributed by atoms with E-state index in [2.05, 4.69) is 51.1 Å². The van der Waals surface area contributed by atoms with Crippen LogP contribution in [0.15, 0.2) is 59.6 Å². The normalized spacial score (nSPS) is 26.0. The largest absolute Gasteiger partial charge is 0.379 e. The third-order valence-electron chi connectivity index (χ3n) is 5.99. The molecule has 158 valence electrons. The quantitative estimate of drug-likeness (QED) is 0.751. The molecule has 0 bridgehead atoms. The van der Waals surface area contributed by atoms with Crippen molar-refractivity contribution in [3.63, 3.8) is 0 Å². The van der Waals surface area contributed by atoms with Crippen molar-refractivity contribution < 1.29 is 9.47 Å². The van der Waals surface area contributed by atoms with Crippen LogP contribution in [0.3, 0.4) is 0 Å². The number of anilines is 1. The Kier molecular flexibility index (Phi) is 6.02. The molecule has 2 aromatic carbocycles. The number of ether oxygens (including phenoxy) is 2. The summed E-state index contributed by atoms with van der Waals surface area (Å²) in [6.07, 6.45) is 0.140. The fraction of sp³-hybridized carbons (Fsp3) is 0.435. The maximum atomic E-state index is 6.21. The van der Waals surface area contributed by atoms with Crippen LogP contribution < -0.4 is 4.90 Å². The minimum Gasteiger partial charge on any atom is -0.379 e. The molecule has 2 aromatic rings. The molecule has 0 aromatic heterocycles. The second-order valence-electron chi connectivity index (χ2n) is 7.79. The zero-order valence-electron chi connectivity index (χ0n) is 17.0. The summed E-state index contributed by atoms with van der Waals surface area (Å²) in [7, 11) is 0. The van der Waals surface area contributed by atoms with Crippen molar-refractivity contribution in [3.8, 4) is 0 Å². The van der Waals surface area contributed by atoms with Crippen LogP contribution in [0.5, 0.6) is 0 Å². The van der Waals surface area contributed by atoms with Gasteiger partial charge in [-0.05, 0) is 24.3 Å². The number of amidine groups is 1. The summed E-state index contributed by atoms with van der Waals surface area (Å²) in [5.74, 6) is 1.01. The number of benzene rings is 2. The first kappa shape index (κ1) is 20.0. The minimum absolute atomic E-state index is 0.0397. The van der Waals surface area contributed by atoms with Gasteiger partial charge in [-0.1, -0.05) is 41.9 Å². The first-order valence-corrected chi connectivity index (χ1v) is 11.0. The molecule has 6 nitrogen and oxygen atoms in total. The summed E-state index contributed by atoms with van der Waals surface area (Å²) in [4.78, 5) is 12.7. The Balaban J connectivity index is 1.59. The topological polar surface area (TPSA) is 40.5 Å². The molecular weight excluding hydrogens is 400 g/mol. The lowest BCUT2D eigenvalue weighted by Gasteiger charge is -2.43. The molecule has 0 saturated carbocycles. The smallest absolute Gasteiger partial charge is 0.139 e. The predicted molar refractivity (Wildman–Crippen MR) is 119 cm³/mol. The highest BCUT2D eigenvalue weighted by Gasteiger charge is 2.44. The summed E-state index contributed by atoms with van der Waals surface area (Å²) in [6, 6.07) is 18.6. The monoisotopic (exact) mass is 426 g/mol. The highest BCUT2D eigenvalue weighted by molar-refractivity contribution is 6.30. The molecule has 0 spiro atoms.